The van der Waals surface area contributed by atoms with E-state index in [0.717, 1.165) is 30.8 Å². The monoisotopic (exact) mass is 361 g/mol. The van der Waals surface area contributed by atoms with Crippen molar-refractivity contribution in [2.45, 2.75) is 33.1 Å². The fourth-order valence-electron chi connectivity index (χ4n) is 1.98. The summed E-state index contributed by atoms with van der Waals surface area (Å²) < 4.78 is 10.6. The molecule has 25 heavy (non-hydrogen) atoms. The van der Waals surface area contributed by atoms with Gasteiger partial charge in [-0.05, 0) is 31.0 Å². The van der Waals surface area contributed by atoms with Gasteiger partial charge in [0.05, 0.1) is 31.5 Å². The molecule has 0 aliphatic rings. The standard InChI is InChI=1S/C18H23N3O3S/c1-3-5-9-24-16-8-6-7-14(10-16)12-19-21-18-20-15(13-25-18)11-17(22)23-4-2/h6-8,10,12-13H,3-5,9,11H2,1-2H3,(H,20,21). The highest BCUT2D eigenvalue weighted by Crippen LogP contribution is 2.16. The lowest BCUT2D eigenvalue weighted by Gasteiger charge is -2.05. The number of benzene rings is 1. The average molecular weight is 361 g/mol. The lowest BCUT2D eigenvalue weighted by atomic mass is 10.2. The van der Waals surface area contributed by atoms with Gasteiger partial charge in [-0.25, -0.2) is 4.98 Å². The van der Waals surface area contributed by atoms with Gasteiger partial charge >= 0.3 is 5.97 Å². The van der Waals surface area contributed by atoms with Crippen LogP contribution < -0.4 is 10.2 Å². The summed E-state index contributed by atoms with van der Waals surface area (Å²) in [5.74, 6) is 0.561. The number of esters is 1. The quantitative estimate of drug-likeness (QED) is 0.301. The van der Waals surface area contributed by atoms with Crippen LogP contribution in [0.15, 0.2) is 34.7 Å². The summed E-state index contributed by atoms with van der Waals surface area (Å²) in [6.45, 7) is 5.01. The fraction of sp³-hybridized carbons (Fsp3) is 0.389. The molecule has 0 fully saturated rings. The Labute approximate surface area is 151 Å². The minimum Gasteiger partial charge on any atom is -0.494 e. The Balaban J connectivity index is 1.85. The molecule has 134 valence electrons. The summed E-state index contributed by atoms with van der Waals surface area (Å²) >= 11 is 1.39. The highest BCUT2D eigenvalue weighted by molar-refractivity contribution is 7.13. The van der Waals surface area contributed by atoms with Crippen molar-refractivity contribution in [3.05, 3.63) is 40.9 Å². The third-order valence-electron chi connectivity index (χ3n) is 3.18. The highest BCUT2D eigenvalue weighted by atomic mass is 32.1. The smallest absolute Gasteiger partial charge is 0.311 e. The minimum absolute atomic E-state index is 0.173. The summed E-state index contributed by atoms with van der Waals surface area (Å²) in [5.41, 5.74) is 4.48. The van der Waals surface area contributed by atoms with Crippen molar-refractivity contribution >= 4 is 28.7 Å². The molecule has 2 aromatic rings. The Hall–Kier alpha value is -2.41. The molecule has 0 atom stereocenters. The van der Waals surface area contributed by atoms with Crippen LogP contribution in [-0.2, 0) is 16.0 Å². The van der Waals surface area contributed by atoms with E-state index in [1.807, 2.05) is 29.6 Å². The second-order valence-electron chi connectivity index (χ2n) is 5.27. The van der Waals surface area contributed by atoms with Crippen LogP contribution in [0.3, 0.4) is 0 Å². The summed E-state index contributed by atoms with van der Waals surface area (Å²) in [7, 11) is 0. The molecule has 0 aliphatic heterocycles. The molecule has 1 heterocycles. The van der Waals surface area contributed by atoms with Crippen molar-refractivity contribution in [3.8, 4) is 5.75 Å². The van der Waals surface area contributed by atoms with E-state index in [1.165, 1.54) is 11.3 Å². The van der Waals surface area contributed by atoms with Crippen molar-refractivity contribution in [3.63, 3.8) is 0 Å². The Kier molecular flexibility index (Phi) is 7.91. The number of carbonyl (C=O) groups excluding carboxylic acids is 1. The first-order chi connectivity index (χ1) is 12.2. The van der Waals surface area contributed by atoms with E-state index in [0.29, 0.717) is 17.4 Å². The van der Waals surface area contributed by atoms with Gasteiger partial charge < -0.3 is 9.47 Å². The number of carbonyl (C=O) groups is 1. The molecule has 0 spiro atoms. The van der Waals surface area contributed by atoms with Crippen LogP contribution in [-0.4, -0.2) is 30.4 Å². The molecule has 1 N–H and O–H groups in total. The normalized spacial score (nSPS) is 10.8. The SMILES string of the molecule is CCCCOc1cccc(C=NNc2nc(CC(=O)OCC)cs2)c1. The van der Waals surface area contributed by atoms with Crippen molar-refractivity contribution in [1.29, 1.82) is 0 Å². The van der Waals surface area contributed by atoms with E-state index in [9.17, 15) is 4.79 Å². The summed E-state index contributed by atoms with van der Waals surface area (Å²) in [6, 6.07) is 7.76. The molecule has 2 rings (SSSR count). The molecular weight excluding hydrogens is 338 g/mol. The molecule has 0 amide bonds. The number of rotatable bonds is 10. The van der Waals surface area contributed by atoms with Crippen molar-refractivity contribution in [1.82, 2.24) is 4.98 Å². The van der Waals surface area contributed by atoms with E-state index in [-0.39, 0.29) is 12.4 Å². The van der Waals surface area contributed by atoms with Gasteiger partial charge in [0.2, 0.25) is 5.13 Å². The summed E-state index contributed by atoms with van der Waals surface area (Å²) in [5, 5.41) is 6.63. The summed E-state index contributed by atoms with van der Waals surface area (Å²) in [4.78, 5) is 15.7. The Morgan fingerprint density at radius 1 is 1.40 bits per heavy atom. The maximum absolute atomic E-state index is 11.4. The van der Waals surface area contributed by atoms with Gasteiger partial charge in [-0.2, -0.15) is 5.10 Å². The molecule has 0 unspecified atom stereocenters. The van der Waals surface area contributed by atoms with Gasteiger partial charge in [-0.3, -0.25) is 10.2 Å². The number of thiazole rings is 1. The van der Waals surface area contributed by atoms with E-state index < -0.39 is 0 Å². The fourth-order valence-corrected chi connectivity index (χ4v) is 2.64. The maximum Gasteiger partial charge on any atom is 0.311 e. The van der Waals surface area contributed by atoms with Crippen molar-refractivity contribution < 1.29 is 14.3 Å². The van der Waals surface area contributed by atoms with Crippen LogP contribution in [0.2, 0.25) is 0 Å². The van der Waals surface area contributed by atoms with Crippen molar-refractivity contribution in [2.75, 3.05) is 18.6 Å². The van der Waals surface area contributed by atoms with Crippen LogP contribution in [0.25, 0.3) is 0 Å². The molecule has 1 aromatic carbocycles. The van der Waals surface area contributed by atoms with Gasteiger partial charge in [0.1, 0.15) is 5.75 Å². The molecule has 6 nitrogen and oxygen atoms in total. The maximum atomic E-state index is 11.4. The first-order valence-electron chi connectivity index (χ1n) is 8.33. The zero-order valence-corrected chi connectivity index (χ0v) is 15.3. The zero-order valence-electron chi connectivity index (χ0n) is 14.5. The molecule has 0 aliphatic carbocycles. The van der Waals surface area contributed by atoms with Gasteiger partial charge in [0.25, 0.3) is 0 Å². The number of unbranched alkanes of at least 4 members (excludes halogenated alkanes) is 1. The number of hydrogen-bond acceptors (Lipinski definition) is 7. The number of nitrogens with one attached hydrogen (secondary N) is 1. The molecule has 0 saturated heterocycles. The van der Waals surface area contributed by atoms with Gasteiger partial charge in [-0.15, -0.1) is 11.3 Å². The zero-order chi connectivity index (χ0) is 17.9. The molecule has 7 heteroatoms. The van der Waals surface area contributed by atoms with E-state index in [2.05, 4.69) is 22.4 Å². The number of hydrogen-bond donors (Lipinski definition) is 1. The van der Waals surface area contributed by atoms with Crippen LogP contribution in [0.1, 0.15) is 37.9 Å². The molecule has 0 radical (unpaired) electrons. The minimum atomic E-state index is -0.275. The van der Waals surface area contributed by atoms with E-state index in [1.54, 1.807) is 13.1 Å². The third kappa shape index (κ3) is 6.93. The van der Waals surface area contributed by atoms with E-state index >= 15 is 0 Å². The van der Waals surface area contributed by atoms with Gasteiger partial charge in [0.15, 0.2) is 0 Å². The number of nitrogens with zero attached hydrogens (tertiary/aromatic N) is 2. The first kappa shape index (κ1) is 18.9. The number of ether oxygens (including phenoxy) is 2. The highest BCUT2D eigenvalue weighted by Gasteiger charge is 2.07. The number of aromatic nitrogens is 1. The largest absolute Gasteiger partial charge is 0.494 e. The predicted octanol–water partition coefficient (Wildman–Crippen LogP) is 3.87. The second kappa shape index (κ2) is 10.5. The Morgan fingerprint density at radius 2 is 2.28 bits per heavy atom. The molecule has 0 saturated carbocycles. The van der Waals surface area contributed by atoms with E-state index in [4.69, 9.17) is 9.47 Å². The molecule has 1 aromatic heterocycles. The van der Waals surface area contributed by atoms with Gasteiger partial charge in [0, 0.05) is 5.38 Å². The molecular formula is C18H23N3O3S. The predicted molar refractivity (Wildman–Crippen MR) is 101 cm³/mol. The third-order valence-corrected chi connectivity index (χ3v) is 3.98. The average Bonchev–Trinajstić information content (AvgIpc) is 3.03. The number of hydrazone groups is 1. The van der Waals surface area contributed by atoms with Gasteiger partial charge in [-0.1, -0.05) is 25.5 Å². The van der Waals surface area contributed by atoms with Crippen LogP contribution >= 0.6 is 11.3 Å². The Morgan fingerprint density at radius 3 is 3.08 bits per heavy atom. The van der Waals surface area contributed by atoms with Crippen LogP contribution in [0.5, 0.6) is 5.75 Å². The summed E-state index contributed by atoms with van der Waals surface area (Å²) in [6.07, 6.45) is 4.03. The number of anilines is 1. The van der Waals surface area contributed by atoms with Crippen molar-refractivity contribution in [2.24, 2.45) is 5.10 Å². The van der Waals surface area contributed by atoms with Crippen LogP contribution in [0.4, 0.5) is 5.13 Å². The first-order valence-corrected chi connectivity index (χ1v) is 9.21. The lowest BCUT2D eigenvalue weighted by Crippen LogP contribution is -2.07. The molecule has 0 bridgehead atoms. The van der Waals surface area contributed by atoms with Crippen LogP contribution in [0, 0.1) is 0 Å². The lowest BCUT2D eigenvalue weighted by molar-refractivity contribution is -0.142. The topological polar surface area (TPSA) is 72.8 Å². The Bertz CT molecular complexity index is 700. The second-order valence-corrected chi connectivity index (χ2v) is 6.13.